The Bertz CT molecular complexity index is 427. The van der Waals surface area contributed by atoms with Gasteiger partial charge in [-0.3, -0.25) is 4.79 Å². The van der Waals surface area contributed by atoms with Crippen LogP contribution >= 0.6 is 34.8 Å². The minimum absolute atomic E-state index is 0.115. The summed E-state index contributed by atoms with van der Waals surface area (Å²) in [5, 5.41) is 2.95. The van der Waals surface area contributed by atoms with Crippen LogP contribution in [0.15, 0.2) is 18.2 Å². The molecular formula is C12H13Cl3FNO. The Labute approximate surface area is 120 Å². The van der Waals surface area contributed by atoms with Gasteiger partial charge >= 0.3 is 0 Å². The van der Waals surface area contributed by atoms with Gasteiger partial charge in [-0.1, -0.05) is 18.5 Å². The lowest BCUT2D eigenvalue weighted by molar-refractivity contribution is 0.0909. The molecule has 0 atom stereocenters. The Kier molecular flexibility index (Phi) is 5.70. The number of amides is 1. The minimum Gasteiger partial charge on any atom is -0.344 e. The summed E-state index contributed by atoms with van der Waals surface area (Å²) in [6.07, 6.45) is 0.550. The van der Waals surface area contributed by atoms with E-state index in [1.165, 1.54) is 12.1 Å². The van der Waals surface area contributed by atoms with Crippen LogP contribution in [0.1, 0.15) is 23.7 Å². The number of nitrogens with one attached hydrogen (secondary N) is 1. The standard InChI is InChI=1S/C12H13Cl3FNO/c1-2-12(6-13,7-14)17-11(18)9-5-8(15)3-4-10(9)16/h3-5H,2,6-7H2,1H3,(H,17,18). The first-order valence-corrected chi connectivity index (χ1v) is 6.82. The third-order valence-corrected chi connectivity index (χ3v) is 4.00. The van der Waals surface area contributed by atoms with Gasteiger partial charge in [0.2, 0.25) is 0 Å². The Morgan fingerprint density at radius 3 is 2.50 bits per heavy atom. The fourth-order valence-electron chi connectivity index (χ4n) is 1.36. The fraction of sp³-hybridized carbons (Fsp3) is 0.417. The van der Waals surface area contributed by atoms with Gasteiger partial charge in [-0.15, -0.1) is 23.2 Å². The van der Waals surface area contributed by atoms with Crippen LogP contribution in [0.4, 0.5) is 4.39 Å². The number of carbonyl (C=O) groups excluding carboxylic acids is 1. The summed E-state index contributed by atoms with van der Waals surface area (Å²) in [5.41, 5.74) is -0.856. The average Bonchev–Trinajstić information content (AvgIpc) is 2.38. The number of rotatable bonds is 5. The summed E-state index contributed by atoms with van der Waals surface area (Å²) in [4.78, 5) is 12.0. The summed E-state index contributed by atoms with van der Waals surface area (Å²) >= 11 is 17.4. The highest BCUT2D eigenvalue weighted by atomic mass is 35.5. The van der Waals surface area contributed by atoms with Gasteiger partial charge in [-0.2, -0.15) is 0 Å². The molecule has 1 amide bonds. The van der Waals surface area contributed by atoms with Gasteiger partial charge in [0.05, 0.1) is 11.1 Å². The topological polar surface area (TPSA) is 29.1 Å². The first-order valence-electron chi connectivity index (χ1n) is 5.37. The molecule has 0 aliphatic carbocycles. The van der Waals surface area contributed by atoms with Crippen LogP contribution in [-0.2, 0) is 0 Å². The van der Waals surface area contributed by atoms with E-state index in [4.69, 9.17) is 34.8 Å². The molecular weight excluding hydrogens is 299 g/mol. The number of benzene rings is 1. The molecule has 0 aliphatic heterocycles. The molecule has 0 spiro atoms. The van der Waals surface area contributed by atoms with Crippen LogP contribution in [-0.4, -0.2) is 23.2 Å². The average molecular weight is 313 g/mol. The summed E-state index contributed by atoms with van der Waals surface area (Å²) in [6, 6.07) is 3.80. The Morgan fingerprint density at radius 2 is 2.00 bits per heavy atom. The molecule has 0 aliphatic rings. The SMILES string of the molecule is CCC(CCl)(CCl)NC(=O)c1cc(Cl)ccc1F. The predicted octanol–water partition coefficient (Wildman–Crippen LogP) is 3.84. The molecule has 0 saturated heterocycles. The maximum atomic E-state index is 13.5. The van der Waals surface area contributed by atoms with E-state index in [2.05, 4.69) is 5.32 Å². The van der Waals surface area contributed by atoms with E-state index in [1.54, 1.807) is 0 Å². The summed E-state index contributed by atoms with van der Waals surface area (Å²) in [5.74, 6) is -0.897. The highest BCUT2D eigenvalue weighted by molar-refractivity contribution is 6.31. The molecule has 0 aromatic heterocycles. The molecule has 1 aromatic rings. The van der Waals surface area contributed by atoms with Crippen LogP contribution in [0.2, 0.25) is 5.02 Å². The van der Waals surface area contributed by atoms with Crippen LogP contribution in [0.25, 0.3) is 0 Å². The monoisotopic (exact) mass is 311 g/mol. The van der Waals surface area contributed by atoms with E-state index in [-0.39, 0.29) is 17.3 Å². The second-order valence-corrected chi connectivity index (χ2v) is 4.95. The number of alkyl halides is 2. The van der Waals surface area contributed by atoms with Gasteiger partial charge in [0.15, 0.2) is 0 Å². The van der Waals surface area contributed by atoms with Crippen LogP contribution in [0, 0.1) is 5.82 Å². The number of hydrogen-bond acceptors (Lipinski definition) is 1. The van der Waals surface area contributed by atoms with E-state index in [0.717, 1.165) is 6.07 Å². The molecule has 0 unspecified atom stereocenters. The van der Waals surface area contributed by atoms with Crippen molar-refractivity contribution < 1.29 is 9.18 Å². The van der Waals surface area contributed by atoms with Gasteiger partial charge in [-0.25, -0.2) is 4.39 Å². The molecule has 0 saturated carbocycles. The molecule has 0 radical (unpaired) electrons. The first-order chi connectivity index (χ1) is 8.48. The molecule has 100 valence electrons. The molecule has 1 aromatic carbocycles. The van der Waals surface area contributed by atoms with Crippen LogP contribution in [0.5, 0.6) is 0 Å². The quantitative estimate of drug-likeness (QED) is 0.822. The van der Waals surface area contributed by atoms with Gasteiger partial charge in [0.1, 0.15) is 5.82 Å². The minimum atomic E-state index is -0.741. The van der Waals surface area contributed by atoms with E-state index < -0.39 is 17.3 Å². The van der Waals surface area contributed by atoms with E-state index in [9.17, 15) is 9.18 Å². The van der Waals surface area contributed by atoms with E-state index >= 15 is 0 Å². The highest BCUT2D eigenvalue weighted by Gasteiger charge is 2.29. The van der Waals surface area contributed by atoms with Crippen molar-refractivity contribution in [3.8, 4) is 0 Å². The lowest BCUT2D eigenvalue weighted by atomic mass is 10.0. The largest absolute Gasteiger partial charge is 0.344 e. The van der Waals surface area contributed by atoms with Crippen molar-refractivity contribution >= 4 is 40.7 Å². The smallest absolute Gasteiger partial charge is 0.254 e. The zero-order valence-corrected chi connectivity index (χ0v) is 12.0. The van der Waals surface area contributed by atoms with Gasteiger partial charge < -0.3 is 5.32 Å². The van der Waals surface area contributed by atoms with E-state index in [0.29, 0.717) is 11.4 Å². The maximum Gasteiger partial charge on any atom is 0.254 e. The van der Waals surface area contributed by atoms with Gasteiger partial charge in [0, 0.05) is 16.8 Å². The van der Waals surface area contributed by atoms with Crippen LogP contribution in [0.3, 0.4) is 0 Å². The number of halogens is 4. The number of hydrogen-bond donors (Lipinski definition) is 1. The molecule has 1 rings (SSSR count). The van der Waals surface area contributed by atoms with Crippen molar-refractivity contribution in [2.24, 2.45) is 0 Å². The summed E-state index contributed by atoms with van der Waals surface area (Å²) in [7, 11) is 0. The maximum absolute atomic E-state index is 13.5. The zero-order valence-electron chi connectivity index (χ0n) is 9.77. The van der Waals surface area contributed by atoms with Gasteiger partial charge in [-0.05, 0) is 24.6 Å². The second-order valence-electron chi connectivity index (χ2n) is 3.98. The normalized spacial score (nSPS) is 11.4. The Hall–Kier alpha value is -0.510. The Morgan fingerprint density at radius 1 is 1.39 bits per heavy atom. The zero-order chi connectivity index (χ0) is 13.8. The van der Waals surface area contributed by atoms with Gasteiger partial charge in [0.25, 0.3) is 5.91 Å². The van der Waals surface area contributed by atoms with Crippen molar-refractivity contribution in [2.75, 3.05) is 11.8 Å². The van der Waals surface area contributed by atoms with E-state index in [1.807, 2.05) is 6.92 Å². The molecule has 6 heteroatoms. The third-order valence-electron chi connectivity index (χ3n) is 2.74. The summed E-state index contributed by atoms with van der Waals surface area (Å²) in [6.45, 7) is 1.85. The predicted molar refractivity (Wildman–Crippen MR) is 73.3 cm³/mol. The third kappa shape index (κ3) is 3.50. The van der Waals surface area contributed by atoms with Crippen molar-refractivity contribution in [1.82, 2.24) is 5.32 Å². The molecule has 0 bridgehead atoms. The number of carbonyl (C=O) groups is 1. The highest BCUT2D eigenvalue weighted by Crippen LogP contribution is 2.19. The lowest BCUT2D eigenvalue weighted by Crippen LogP contribution is -2.51. The van der Waals surface area contributed by atoms with Crippen molar-refractivity contribution in [1.29, 1.82) is 0 Å². The molecule has 2 nitrogen and oxygen atoms in total. The molecule has 0 fully saturated rings. The molecule has 0 heterocycles. The summed E-state index contributed by atoms with van der Waals surface area (Å²) < 4.78 is 13.5. The van der Waals surface area contributed by atoms with Crippen molar-refractivity contribution in [2.45, 2.75) is 18.9 Å². The lowest BCUT2D eigenvalue weighted by Gasteiger charge is -2.29. The fourth-order valence-corrected chi connectivity index (χ4v) is 2.33. The first kappa shape index (κ1) is 15.5. The second kappa shape index (κ2) is 6.60. The van der Waals surface area contributed by atoms with Crippen molar-refractivity contribution in [3.63, 3.8) is 0 Å². The van der Waals surface area contributed by atoms with Crippen LogP contribution < -0.4 is 5.32 Å². The van der Waals surface area contributed by atoms with Crippen molar-refractivity contribution in [3.05, 3.63) is 34.6 Å². The molecule has 18 heavy (non-hydrogen) atoms. The Balaban J connectivity index is 2.97. The molecule has 1 N–H and O–H groups in total.